The van der Waals surface area contributed by atoms with Crippen LogP contribution in [0.4, 0.5) is 24.7 Å². The first-order valence-corrected chi connectivity index (χ1v) is 7.50. The molecule has 2 rings (SSSR count). The summed E-state index contributed by atoms with van der Waals surface area (Å²) in [6.07, 6.45) is -3.32. The summed E-state index contributed by atoms with van der Waals surface area (Å²) in [5, 5.41) is 15.9. The van der Waals surface area contributed by atoms with Crippen LogP contribution in [0.25, 0.3) is 0 Å². The molecule has 0 spiro atoms. The molecule has 0 fully saturated rings. The van der Waals surface area contributed by atoms with Crippen LogP contribution in [0.1, 0.15) is 21.5 Å². The van der Waals surface area contributed by atoms with Gasteiger partial charge in [0.1, 0.15) is 5.82 Å². The number of pyridine rings is 1. The van der Waals surface area contributed by atoms with Crippen molar-refractivity contribution in [3.63, 3.8) is 0 Å². The largest absolute Gasteiger partial charge is 0.419 e. The number of nitro benzene ring substituents is 1. The van der Waals surface area contributed by atoms with E-state index in [1.165, 1.54) is 37.4 Å². The van der Waals surface area contributed by atoms with E-state index in [9.17, 15) is 28.1 Å². The van der Waals surface area contributed by atoms with Crippen LogP contribution in [0.3, 0.4) is 0 Å². The minimum absolute atomic E-state index is 0.000191. The van der Waals surface area contributed by atoms with Gasteiger partial charge in [0.25, 0.3) is 11.6 Å². The van der Waals surface area contributed by atoms with Crippen LogP contribution >= 0.6 is 0 Å². The van der Waals surface area contributed by atoms with Crippen LogP contribution < -0.4 is 10.6 Å². The van der Waals surface area contributed by atoms with Crippen LogP contribution in [-0.2, 0) is 6.18 Å². The molecule has 0 radical (unpaired) electrons. The smallest absolute Gasteiger partial charge is 0.368 e. The van der Waals surface area contributed by atoms with Gasteiger partial charge in [-0.05, 0) is 25.1 Å². The van der Waals surface area contributed by atoms with E-state index in [2.05, 4.69) is 15.6 Å². The van der Waals surface area contributed by atoms with Crippen molar-refractivity contribution >= 4 is 17.4 Å². The fourth-order valence-corrected chi connectivity index (χ4v) is 2.29. The first kappa shape index (κ1) is 19.2. The average molecular weight is 368 g/mol. The molecule has 138 valence electrons. The highest BCUT2D eigenvalue weighted by Crippen LogP contribution is 2.33. The third-order valence-electron chi connectivity index (χ3n) is 3.56. The zero-order chi connectivity index (χ0) is 19.3. The van der Waals surface area contributed by atoms with Crippen molar-refractivity contribution in [2.45, 2.75) is 13.1 Å². The Balaban J connectivity index is 1.97. The molecule has 10 heteroatoms. The van der Waals surface area contributed by atoms with Gasteiger partial charge in [-0.3, -0.25) is 14.9 Å². The maximum Gasteiger partial charge on any atom is 0.419 e. The Morgan fingerprint density at radius 3 is 2.62 bits per heavy atom. The molecule has 0 saturated heterocycles. The van der Waals surface area contributed by atoms with Gasteiger partial charge >= 0.3 is 6.18 Å². The molecule has 1 aromatic carbocycles. The highest BCUT2D eigenvalue weighted by atomic mass is 19.4. The number of carbonyl (C=O) groups is 1. The van der Waals surface area contributed by atoms with Gasteiger partial charge < -0.3 is 10.6 Å². The molecule has 0 aliphatic rings. The Morgan fingerprint density at radius 2 is 1.96 bits per heavy atom. The maximum absolute atomic E-state index is 12.8. The number of nitrogens with one attached hydrogen (secondary N) is 2. The van der Waals surface area contributed by atoms with Crippen molar-refractivity contribution in [3.05, 3.63) is 63.3 Å². The van der Waals surface area contributed by atoms with Crippen molar-refractivity contribution in [3.8, 4) is 0 Å². The molecule has 0 saturated carbocycles. The summed E-state index contributed by atoms with van der Waals surface area (Å²) in [5.74, 6) is -0.883. The third-order valence-corrected chi connectivity index (χ3v) is 3.56. The van der Waals surface area contributed by atoms with Crippen LogP contribution in [0.15, 0.2) is 36.5 Å². The van der Waals surface area contributed by atoms with Crippen molar-refractivity contribution in [1.82, 2.24) is 10.3 Å². The van der Waals surface area contributed by atoms with E-state index in [1.54, 1.807) is 0 Å². The van der Waals surface area contributed by atoms with Crippen LogP contribution in [-0.4, -0.2) is 28.9 Å². The van der Waals surface area contributed by atoms with Crippen molar-refractivity contribution in [2.24, 2.45) is 0 Å². The van der Waals surface area contributed by atoms with Gasteiger partial charge in [-0.1, -0.05) is 6.07 Å². The van der Waals surface area contributed by atoms with Crippen LogP contribution in [0.2, 0.25) is 0 Å². The first-order chi connectivity index (χ1) is 12.2. The molecule has 0 bridgehead atoms. The van der Waals surface area contributed by atoms with E-state index in [0.717, 1.165) is 6.07 Å². The number of anilines is 1. The molecule has 0 unspecified atom stereocenters. The second-order valence-corrected chi connectivity index (χ2v) is 5.29. The SMILES string of the molecule is Cc1c(C(=O)NCCNc2ncccc2C(F)(F)F)cccc1[N+](=O)[O-]. The summed E-state index contributed by atoms with van der Waals surface area (Å²) in [6, 6.07) is 6.20. The minimum Gasteiger partial charge on any atom is -0.368 e. The minimum atomic E-state index is -4.54. The fraction of sp³-hybridized carbons (Fsp3) is 0.250. The lowest BCUT2D eigenvalue weighted by Gasteiger charge is -2.13. The Kier molecular flexibility index (Phi) is 5.75. The predicted molar refractivity (Wildman–Crippen MR) is 87.9 cm³/mol. The summed E-state index contributed by atoms with van der Waals surface area (Å²) >= 11 is 0. The maximum atomic E-state index is 12.8. The molecule has 0 aliphatic carbocycles. The summed E-state index contributed by atoms with van der Waals surface area (Å²) in [5.41, 5.74) is -0.736. The molecular weight excluding hydrogens is 353 g/mol. The van der Waals surface area contributed by atoms with Crippen molar-refractivity contribution in [2.75, 3.05) is 18.4 Å². The number of alkyl halides is 3. The van der Waals surface area contributed by atoms with Crippen LogP contribution in [0.5, 0.6) is 0 Å². The number of amides is 1. The number of benzene rings is 1. The van der Waals surface area contributed by atoms with E-state index in [4.69, 9.17) is 0 Å². The number of hydrogen-bond acceptors (Lipinski definition) is 5. The van der Waals surface area contributed by atoms with E-state index in [-0.39, 0.29) is 35.7 Å². The molecule has 2 N–H and O–H groups in total. The third kappa shape index (κ3) is 4.47. The second-order valence-electron chi connectivity index (χ2n) is 5.29. The van der Waals surface area contributed by atoms with Gasteiger partial charge in [0.2, 0.25) is 0 Å². The number of aromatic nitrogens is 1. The zero-order valence-corrected chi connectivity index (χ0v) is 13.6. The Hall–Kier alpha value is -3.17. The molecule has 26 heavy (non-hydrogen) atoms. The molecule has 1 aromatic heterocycles. The van der Waals surface area contributed by atoms with Crippen molar-refractivity contribution in [1.29, 1.82) is 0 Å². The van der Waals surface area contributed by atoms with E-state index >= 15 is 0 Å². The zero-order valence-electron chi connectivity index (χ0n) is 13.6. The topological polar surface area (TPSA) is 97.2 Å². The number of carbonyl (C=O) groups excluding carboxylic acids is 1. The molecule has 7 nitrogen and oxygen atoms in total. The highest BCUT2D eigenvalue weighted by molar-refractivity contribution is 5.96. The molecular formula is C16H15F3N4O3. The molecule has 2 aromatic rings. The average Bonchev–Trinajstić information content (AvgIpc) is 2.58. The predicted octanol–water partition coefficient (Wildman–Crippen LogP) is 3.16. The van der Waals surface area contributed by atoms with Crippen LogP contribution in [0, 0.1) is 17.0 Å². The molecule has 0 aliphatic heterocycles. The monoisotopic (exact) mass is 368 g/mol. The lowest BCUT2D eigenvalue weighted by atomic mass is 10.1. The summed E-state index contributed by atoms with van der Waals surface area (Å²) in [6.45, 7) is 1.46. The number of hydrogen-bond donors (Lipinski definition) is 2. The Morgan fingerprint density at radius 1 is 1.23 bits per heavy atom. The summed E-state index contributed by atoms with van der Waals surface area (Å²) < 4.78 is 38.5. The molecule has 1 heterocycles. The normalized spacial score (nSPS) is 11.1. The van der Waals surface area contributed by atoms with Gasteiger partial charge in [0, 0.05) is 36.5 Å². The van der Waals surface area contributed by atoms with Gasteiger partial charge in [-0.15, -0.1) is 0 Å². The van der Waals surface area contributed by atoms with Gasteiger partial charge in [0.05, 0.1) is 10.5 Å². The lowest BCUT2D eigenvalue weighted by Crippen LogP contribution is -2.30. The number of halogens is 3. The Labute approximate surface area is 146 Å². The Bertz CT molecular complexity index is 825. The molecule has 0 atom stereocenters. The number of nitrogens with zero attached hydrogens (tertiary/aromatic N) is 2. The standard InChI is InChI=1S/C16H15F3N4O3/c1-10-11(4-2-6-13(10)23(25)26)15(24)22-9-8-21-14-12(16(17,18)19)5-3-7-20-14/h2-7H,8-9H2,1H3,(H,20,21)(H,22,24). The number of rotatable bonds is 6. The lowest BCUT2D eigenvalue weighted by molar-refractivity contribution is -0.385. The van der Waals surface area contributed by atoms with E-state index in [1.807, 2.05) is 0 Å². The first-order valence-electron chi connectivity index (χ1n) is 7.50. The van der Waals surface area contributed by atoms with E-state index < -0.39 is 22.6 Å². The summed E-state index contributed by atoms with van der Waals surface area (Å²) in [4.78, 5) is 26.1. The highest BCUT2D eigenvalue weighted by Gasteiger charge is 2.33. The van der Waals surface area contributed by atoms with E-state index in [0.29, 0.717) is 0 Å². The molecule has 1 amide bonds. The second kappa shape index (κ2) is 7.81. The van der Waals surface area contributed by atoms with Gasteiger partial charge in [-0.2, -0.15) is 13.2 Å². The van der Waals surface area contributed by atoms with Crippen molar-refractivity contribution < 1.29 is 22.9 Å². The van der Waals surface area contributed by atoms with Gasteiger partial charge in [0.15, 0.2) is 0 Å². The quantitative estimate of drug-likeness (QED) is 0.464. The summed E-state index contributed by atoms with van der Waals surface area (Å²) in [7, 11) is 0. The number of nitro groups is 1. The fourth-order valence-electron chi connectivity index (χ4n) is 2.29. The van der Waals surface area contributed by atoms with Gasteiger partial charge in [-0.25, -0.2) is 4.98 Å².